The van der Waals surface area contributed by atoms with E-state index in [4.69, 9.17) is 4.74 Å². The SMILES string of the molecule is CCN(CC(O)COc1ccc(NC(C)=O)cc1)CC1CC1. The second kappa shape index (κ2) is 8.15. The largest absolute Gasteiger partial charge is 0.491 e. The number of aliphatic hydroxyl groups is 1. The number of nitrogens with one attached hydrogen (secondary N) is 1. The van der Waals surface area contributed by atoms with Gasteiger partial charge in [0.25, 0.3) is 0 Å². The standard InChI is InChI=1S/C17H26N2O3/c1-3-19(10-14-4-5-14)11-16(21)12-22-17-8-6-15(7-9-17)18-13(2)20/h6-9,14,16,21H,3-5,10-12H2,1-2H3,(H,18,20). The predicted octanol–water partition coefficient (Wildman–Crippen LogP) is 2.12. The first-order valence-electron chi connectivity index (χ1n) is 7.97. The fourth-order valence-electron chi connectivity index (χ4n) is 2.38. The molecule has 0 spiro atoms. The summed E-state index contributed by atoms with van der Waals surface area (Å²) < 4.78 is 5.60. The van der Waals surface area contributed by atoms with Gasteiger partial charge in [0.05, 0.1) is 0 Å². The van der Waals surface area contributed by atoms with Gasteiger partial charge < -0.3 is 20.1 Å². The molecule has 0 saturated heterocycles. The Kier molecular flexibility index (Phi) is 6.21. The molecule has 0 radical (unpaired) electrons. The van der Waals surface area contributed by atoms with Crippen molar-refractivity contribution in [1.82, 2.24) is 4.90 Å². The molecule has 1 aliphatic carbocycles. The molecule has 22 heavy (non-hydrogen) atoms. The second-order valence-corrected chi connectivity index (χ2v) is 5.97. The molecule has 2 rings (SSSR count). The fourth-order valence-corrected chi connectivity index (χ4v) is 2.38. The van der Waals surface area contributed by atoms with Gasteiger partial charge in [-0.05, 0) is 49.6 Å². The Labute approximate surface area is 132 Å². The highest BCUT2D eigenvalue weighted by Crippen LogP contribution is 2.29. The fraction of sp³-hybridized carbons (Fsp3) is 0.588. The van der Waals surface area contributed by atoms with E-state index >= 15 is 0 Å². The summed E-state index contributed by atoms with van der Waals surface area (Å²) in [5, 5.41) is 12.8. The molecule has 1 aromatic rings. The molecule has 5 nitrogen and oxygen atoms in total. The highest BCUT2D eigenvalue weighted by Gasteiger charge is 2.24. The average molecular weight is 306 g/mol. The number of benzene rings is 1. The molecule has 1 saturated carbocycles. The number of anilines is 1. The van der Waals surface area contributed by atoms with Crippen molar-refractivity contribution in [3.8, 4) is 5.75 Å². The van der Waals surface area contributed by atoms with Crippen LogP contribution in [0.5, 0.6) is 5.75 Å². The monoisotopic (exact) mass is 306 g/mol. The zero-order valence-electron chi connectivity index (χ0n) is 13.4. The van der Waals surface area contributed by atoms with E-state index < -0.39 is 6.10 Å². The van der Waals surface area contributed by atoms with E-state index in [1.807, 2.05) is 0 Å². The van der Waals surface area contributed by atoms with Gasteiger partial charge in [0.1, 0.15) is 18.5 Å². The Balaban J connectivity index is 1.72. The highest BCUT2D eigenvalue weighted by atomic mass is 16.5. The molecular formula is C17H26N2O3. The molecule has 1 aromatic carbocycles. The van der Waals surface area contributed by atoms with E-state index in [1.165, 1.54) is 19.8 Å². The molecule has 5 heteroatoms. The van der Waals surface area contributed by atoms with E-state index in [9.17, 15) is 9.90 Å². The molecule has 1 atom stereocenters. The minimum Gasteiger partial charge on any atom is -0.491 e. The Bertz CT molecular complexity index is 471. The molecule has 1 unspecified atom stereocenters. The Morgan fingerprint density at radius 3 is 2.64 bits per heavy atom. The van der Waals surface area contributed by atoms with Gasteiger partial charge >= 0.3 is 0 Å². The second-order valence-electron chi connectivity index (χ2n) is 5.97. The number of nitrogens with zero attached hydrogens (tertiary/aromatic N) is 1. The summed E-state index contributed by atoms with van der Waals surface area (Å²) in [6, 6.07) is 7.16. The first-order chi connectivity index (χ1) is 10.6. The lowest BCUT2D eigenvalue weighted by Crippen LogP contribution is -2.36. The van der Waals surface area contributed by atoms with Crippen LogP contribution in [0.4, 0.5) is 5.69 Å². The molecular weight excluding hydrogens is 280 g/mol. The number of ether oxygens (including phenoxy) is 1. The van der Waals surface area contributed by atoms with Gasteiger partial charge in [0.2, 0.25) is 5.91 Å². The number of hydrogen-bond donors (Lipinski definition) is 2. The maximum atomic E-state index is 10.9. The van der Waals surface area contributed by atoms with Crippen LogP contribution in [-0.2, 0) is 4.79 Å². The van der Waals surface area contributed by atoms with Gasteiger partial charge in [-0.1, -0.05) is 6.92 Å². The number of rotatable bonds is 9. The minimum absolute atomic E-state index is 0.0978. The van der Waals surface area contributed by atoms with Gasteiger partial charge in [-0.2, -0.15) is 0 Å². The molecule has 0 heterocycles. The van der Waals surface area contributed by atoms with Crippen molar-refractivity contribution in [2.75, 3.05) is 31.6 Å². The van der Waals surface area contributed by atoms with Crippen LogP contribution in [-0.4, -0.2) is 48.3 Å². The molecule has 0 bridgehead atoms. The molecule has 1 fully saturated rings. The van der Waals surface area contributed by atoms with Gasteiger partial charge in [-0.25, -0.2) is 0 Å². The van der Waals surface area contributed by atoms with E-state index in [2.05, 4.69) is 17.1 Å². The summed E-state index contributed by atoms with van der Waals surface area (Å²) in [6.45, 7) is 6.56. The molecule has 0 aliphatic heterocycles. The molecule has 1 aliphatic rings. The zero-order chi connectivity index (χ0) is 15.9. The van der Waals surface area contributed by atoms with Crippen molar-refractivity contribution in [2.45, 2.75) is 32.8 Å². The van der Waals surface area contributed by atoms with Crippen molar-refractivity contribution in [3.05, 3.63) is 24.3 Å². The van der Waals surface area contributed by atoms with Gasteiger partial charge in [0.15, 0.2) is 0 Å². The number of aliphatic hydroxyl groups excluding tert-OH is 1. The van der Waals surface area contributed by atoms with Crippen LogP contribution in [0.15, 0.2) is 24.3 Å². The van der Waals surface area contributed by atoms with Gasteiger partial charge in [0, 0.05) is 25.7 Å². The van der Waals surface area contributed by atoms with Crippen LogP contribution < -0.4 is 10.1 Å². The first kappa shape index (κ1) is 16.8. The highest BCUT2D eigenvalue weighted by molar-refractivity contribution is 5.88. The summed E-state index contributed by atoms with van der Waals surface area (Å²) in [6.07, 6.45) is 2.15. The molecule has 2 N–H and O–H groups in total. The third-order valence-corrected chi connectivity index (χ3v) is 3.75. The lowest BCUT2D eigenvalue weighted by Gasteiger charge is -2.23. The van der Waals surface area contributed by atoms with E-state index in [1.54, 1.807) is 24.3 Å². The van der Waals surface area contributed by atoms with E-state index in [0.717, 1.165) is 24.7 Å². The Morgan fingerprint density at radius 1 is 1.41 bits per heavy atom. The molecule has 1 amide bonds. The zero-order valence-corrected chi connectivity index (χ0v) is 13.4. The van der Waals surface area contributed by atoms with Gasteiger partial charge in [-0.3, -0.25) is 4.79 Å². The van der Waals surface area contributed by atoms with Crippen molar-refractivity contribution in [1.29, 1.82) is 0 Å². The third kappa shape index (κ3) is 6.03. The van der Waals surface area contributed by atoms with Crippen LogP contribution in [0.1, 0.15) is 26.7 Å². The maximum Gasteiger partial charge on any atom is 0.221 e. The molecule has 122 valence electrons. The number of carbonyl (C=O) groups is 1. The lowest BCUT2D eigenvalue weighted by molar-refractivity contribution is -0.114. The summed E-state index contributed by atoms with van der Waals surface area (Å²) in [5.74, 6) is 1.42. The normalized spacial score (nSPS) is 15.6. The number of carbonyl (C=O) groups excluding carboxylic acids is 1. The van der Waals surface area contributed by atoms with E-state index in [-0.39, 0.29) is 12.5 Å². The van der Waals surface area contributed by atoms with Crippen LogP contribution in [0.2, 0.25) is 0 Å². The van der Waals surface area contributed by atoms with Crippen molar-refractivity contribution in [2.24, 2.45) is 5.92 Å². The van der Waals surface area contributed by atoms with Crippen LogP contribution >= 0.6 is 0 Å². The lowest BCUT2D eigenvalue weighted by atomic mass is 10.3. The number of likely N-dealkylation sites (N-methyl/N-ethyl adjacent to an activating group) is 1. The molecule has 0 aromatic heterocycles. The van der Waals surface area contributed by atoms with Gasteiger partial charge in [-0.15, -0.1) is 0 Å². The minimum atomic E-state index is -0.492. The van der Waals surface area contributed by atoms with Crippen molar-refractivity contribution < 1.29 is 14.6 Å². The average Bonchev–Trinajstić information content (AvgIpc) is 3.29. The third-order valence-electron chi connectivity index (χ3n) is 3.75. The van der Waals surface area contributed by atoms with Crippen LogP contribution in [0, 0.1) is 5.92 Å². The summed E-state index contributed by atoms with van der Waals surface area (Å²) in [5.41, 5.74) is 0.738. The smallest absolute Gasteiger partial charge is 0.221 e. The Morgan fingerprint density at radius 2 is 2.09 bits per heavy atom. The topological polar surface area (TPSA) is 61.8 Å². The predicted molar refractivity (Wildman–Crippen MR) is 87.1 cm³/mol. The summed E-state index contributed by atoms with van der Waals surface area (Å²) in [7, 11) is 0. The first-order valence-corrected chi connectivity index (χ1v) is 7.97. The number of hydrogen-bond acceptors (Lipinski definition) is 4. The Hall–Kier alpha value is -1.59. The van der Waals surface area contributed by atoms with Crippen LogP contribution in [0.3, 0.4) is 0 Å². The number of amides is 1. The van der Waals surface area contributed by atoms with Crippen molar-refractivity contribution in [3.63, 3.8) is 0 Å². The maximum absolute atomic E-state index is 10.9. The summed E-state index contributed by atoms with van der Waals surface area (Å²) in [4.78, 5) is 13.2. The quantitative estimate of drug-likeness (QED) is 0.733. The van der Waals surface area contributed by atoms with Crippen LogP contribution in [0.25, 0.3) is 0 Å². The van der Waals surface area contributed by atoms with E-state index in [0.29, 0.717) is 12.3 Å². The summed E-state index contributed by atoms with van der Waals surface area (Å²) >= 11 is 0. The van der Waals surface area contributed by atoms with Crippen molar-refractivity contribution >= 4 is 11.6 Å².